The van der Waals surface area contributed by atoms with E-state index in [0.29, 0.717) is 36.4 Å². The molecule has 1 aromatic rings. The highest BCUT2D eigenvalue weighted by molar-refractivity contribution is 5.73. The molecule has 118 valence electrons. The molecule has 1 rings (SSSR count). The Morgan fingerprint density at radius 1 is 1.29 bits per heavy atom. The van der Waals surface area contributed by atoms with Crippen LogP contribution in [0.3, 0.4) is 0 Å². The van der Waals surface area contributed by atoms with Crippen LogP contribution in [0.15, 0.2) is 18.2 Å². The molecule has 0 bridgehead atoms. The van der Waals surface area contributed by atoms with Crippen molar-refractivity contribution in [2.24, 2.45) is 0 Å². The fraction of sp³-hybridized carbons (Fsp3) is 0.533. The van der Waals surface area contributed by atoms with Crippen LogP contribution in [0.5, 0.6) is 11.5 Å². The summed E-state index contributed by atoms with van der Waals surface area (Å²) in [6.45, 7) is 2.22. The Morgan fingerprint density at radius 2 is 1.95 bits per heavy atom. The molecule has 0 heterocycles. The summed E-state index contributed by atoms with van der Waals surface area (Å²) in [6.07, 6.45) is 0.227. The zero-order valence-electron chi connectivity index (χ0n) is 12.6. The highest BCUT2D eigenvalue weighted by Crippen LogP contribution is 2.30. The molecule has 21 heavy (non-hydrogen) atoms. The number of hydrogen-bond acceptors (Lipinski definition) is 5. The van der Waals surface area contributed by atoms with Crippen LogP contribution in [0, 0.1) is 0 Å². The Labute approximate surface area is 124 Å². The van der Waals surface area contributed by atoms with E-state index in [0.717, 1.165) is 0 Å². The second-order valence-corrected chi connectivity index (χ2v) is 4.67. The fourth-order valence-electron chi connectivity index (χ4n) is 2.03. The van der Waals surface area contributed by atoms with Gasteiger partial charge in [-0.15, -0.1) is 0 Å². The van der Waals surface area contributed by atoms with Crippen molar-refractivity contribution in [1.82, 2.24) is 5.32 Å². The predicted molar refractivity (Wildman–Crippen MR) is 78.8 cm³/mol. The molecule has 0 radical (unpaired) electrons. The van der Waals surface area contributed by atoms with Gasteiger partial charge in [0.25, 0.3) is 0 Å². The van der Waals surface area contributed by atoms with Gasteiger partial charge in [-0.3, -0.25) is 4.79 Å². The number of aliphatic hydroxyl groups is 1. The van der Waals surface area contributed by atoms with Crippen LogP contribution in [-0.2, 0) is 4.79 Å². The molecule has 0 amide bonds. The largest absolute Gasteiger partial charge is 0.493 e. The number of nitrogens with one attached hydrogen (secondary N) is 1. The number of rotatable bonds is 9. The lowest BCUT2D eigenvalue weighted by molar-refractivity contribution is -0.139. The molecule has 0 aliphatic carbocycles. The van der Waals surface area contributed by atoms with Gasteiger partial charge in [0.1, 0.15) is 6.04 Å². The average molecular weight is 297 g/mol. The van der Waals surface area contributed by atoms with Gasteiger partial charge in [0.2, 0.25) is 0 Å². The van der Waals surface area contributed by atoms with Crippen molar-refractivity contribution in [3.8, 4) is 11.5 Å². The average Bonchev–Trinajstić information content (AvgIpc) is 2.50. The molecule has 2 atom stereocenters. The number of carbonyl (C=O) groups is 1. The van der Waals surface area contributed by atoms with Gasteiger partial charge in [0, 0.05) is 0 Å². The van der Waals surface area contributed by atoms with E-state index in [-0.39, 0.29) is 0 Å². The van der Waals surface area contributed by atoms with Gasteiger partial charge in [0.15, 0.2) is 11.5 Å². The quantitative estimate of drug-likeness (QED) is 0.641. The number of aliphatic hydroxyl groups excluding tert-OH is 1. The first-order chi connectivity index (χ1) is 10.0. The Bertz CT molecular complexity index is 463. The molecular formula is C15H23NO5. The van der Waals surface area contributed by atoms with E-state index in [2.05, 4.69) is 5.32 Å². The number of carboxylic acids is 1. The summed E-state index contributed by atoms with van der Waals surface area (Å²) >= 11 is 0. The maximum Gasteiger partial charge on any atom is 0.320 e. The molecule has 0 saturated heterocycles. The van der Waals surface area contributed by atoms with Crippen LogP contribution in [0.1, 0.15) is 31.4 Å². The van der Waals surface area contributed by atoms with Crippen LogP contribution in [0.4, 0.5) is 0 Å². The minimum Gasteiger partial charge on any atom is -0.493 e. The molecule has 2 unspecified atom stereocenters. The van der Waals surface area contributed by atoms with Crippen LogP contribution < -0.4 is 14.8 Å². The third kappa shape index (κ3) is 4.91. The first kappa shape index (κ1) is 17.3. The Morgan fingerprint density at radius 3 is 2.48 bits per heavy atom. The lowest BCUT2D eigenvalue weighted by Crippen LogP contribution is -2.37. The maximum absolute atomic E-state index is 10.9. The van der Waals surface area contributed by atoms with Gasteiger partial charge in [-0.1, -0.05) is 13.0 Å². The summed E-state index contributed by atoms with van der Waals surface area (Å²) in [5, 5.41) is 22.0. The Kier molecular flexibility index (Phi) is 6.98. The molecular weight excluding hydrogens is 274 g/mol. The number of carboxylic acid groups (broad SMARTS) is 1. The Hall–Kier alpha value is -1.79. The van der Waals surface area contributed by atoms with E-state index in [4.69, 9.17) is 14.6 Å². The fourth-order valence-corrected chi connectivity index (χ4v) is 2.03. The summed E-state index contributed by atoms with van der Waals surface area (Å²) in [4.78, 5) is 10.9. The monoisotopic (exact) mass is 297 g/mol. The van der Waals surface area contributed by atoms with Gasteiger partial charge in [-0.25, -0.2) is 0 Å². The third-order valence-corrected chi connectivity index (χ3v) is 3.31. The molecule has 0 aliphatic heterocycles. The summed E-state index contributed by atoms with van der Waals surface area (Å²) in [5.41, 5.74) is 0.706. The van der Waals surface area contributed by atoms with Crippen molar-refractivity contribution >= 4 is 5.97 Å². The molecule has 6 heteroatoms. The van der Waals surface area contributed by atoms with Crippen molar-refractivity contribution in [3.05, 3.63) is 23.8 Å². The SMILES string of the molecule is CCC(NCCC(O)c1ccc(OC)c(OC)c1)C(=O)O. The summed E-state index contributed by atoms with van der Waals surface area (Å²) < 4.78 is 10.3. The normalized spacial score (nSPS) is 13.5. The van der Waals surface area contributed by atoms with Crippen molar-refractivity contribution < 1.29 is 24.5 Å². The van der Waals surface area contributed by atoms with E-state index in [9.17, 15) is 9.90 Å². The minimum absolute atomic E-state index is 0.416. The van der Waals surface area contributed by atoms with E-state index < -0.39 is 18.1 Å². The number of hydrogen-bond donors (Lipinski definition) is 3. The maximum atomic E-state index is 10.9. The molecule has 6 nitrogen and oxygen atoms in total. The summed E-state index contributed by atoms with van der Waals surface area (Å²) in [6, 6.07) is 4.64. The van der Waals surface area contributed by atoms with Gasteiger partial charge >= 0.3 is 5.97 Å². The van der Waals surface area contributed by atoms with Crippen LogP contribution in [0.2, 0.25) is 0 Å². The van der Waals surface area contributed by atoms with Gasteiger partial charge in [-0.05, 0) is 37.1 Å². The lowest BCUT2D eigenvalue weighted by Gasteiger charge is -2.16. The molecule has 0 aliphatic rings. The van der Waals surface area contributed by atoms with Crippen molar-refractivity contribution in [2.75, 3.05) is 20.8 Å². The zero-order valence-corrected chi connectivity index (χ0v) is 12.6. The second-order valence-electron chi connectivity index (χ2n) is 4.67. The van der Waals surface area contributed by atoms with Crippen molar-refractivity contribution in [3.63, 3.8) is 0 Å². The highest BCUT2D eigenvalue weighted by Gasteiger charge is 2.16. The molecule has 0 fully saturated rings. The van der Waals surface area contributed by atoms with E-state index in [1.165, 1.54) is 7.11 Å². The zero-order chi connectivity index (χ0) is 15.8. The number of aliphatic carboxylic acids is 1. The molecule has 0 saturated carbocycles. The number of methoxy groups -OCH3 is 2. The highest BCUT2D eigenvalue weighted by atomic mass is 16.5. The number of benzene rings is 1. The summed E-state index contributed by atoms with van der Waals surface area (Å²) in [7, 11) is 3.09. The van der Waals surface area contributed by atoms with E-state index in [1.807, 2.05) is 0 Å². The predicted octanol–water partition coefficient (Wildman–Crippen LogP) is 1.58. The van der Waals surface area contributed by atoms with Crippen LogP contribution in [-0.4, -0.2) is 43.0 Å². The second kappa shape index (κ2) is 8.49. The third-order valence-electron chi connectivity index (χ3n) is 3.31. The lowest BCUT2D eigenvalue weighted by atomic mass is 10.1. The van der Waals surface area contributed by atoms with Gasteiger partial charge < -0.3 is 25.0 Å². The van der Waals surface area contributed by atoms with Crippen LogP contribution in [0.25, 0.3) is 0 Å². The van der Waals surface area contributed by atoms with Crippen molar-refractivity contribution in [2.45, 2.75) is 31.9 Å². The van der Waals surface area contributed by atoms with Crippen molar-refractivity contribution in [1.29, 1.82) is 0 Å². The summed E-state index contributed by atoms with van der Waals surface area (Å²) in [5.74, 6) is 0.278. The minimum atomic E-state index is -0.877. The van der Waals surface area contributed by atoms with E-state index in [1.54, 1.807) is 32.2 Å². The first-order valence-corrected chi connectivity index (χ1v) is 6.89. The van der Waals surface area contributed by atoms with Gasteiger partial charge in [0.05, 0.1) is 20.3 Å². The van der Waals surface area contributed by atoms with Crippen LogP contribution >= 0.6 is 0 Å². The molecule has 0 spiro atoms. The molecule has 0 aromatic heterocycles. The smallest absolute Gasteiger partial charge is 0.320 e. The molecule has 3 N–H and O–H groups in total. The number of ether oxygens (including phenoxy) is 2. The van der Waals surface area contributed by atoms with Gasteiger partial charge in [-0.2, -0.15) is 0 Å². The van der Waals surface area contributed by atoms with E-state index >= 15 is 0 Å². The topological polar surface area (TPSA) is 88.0 Å². The Balaban J connectivity index is 2.59. The first-order valence-electron chi connectivity index (χ1n) is 6.89. The molecule has 1 aromatic carbocycles. The standard InChI is InChI=1S/C15H23NO5/c1-4-11(15(18)19)16-8-7-12(17)10-5-6-13(20-2)14(9-10)21-3/h5-6,9,11-12,16-17H,4,7-8H2,1-3H3,(H,18,19).